The fraction of sp³-hybridized carbons (Fsp3) is 0. The van der Waals surface area contributed by atoms with E-state index >= 15 is 0 Å². The molecule has 7 aromatic carbocycles. The monoisotopic (exact) mass is 657 g/mol. The maximum atomic E-state index is 8.98. The fourth-order valence-electron chi connectivity index (χ4n) is 7.74. The van der Waals surface area contributed by atoms with E-state index in [4.69, 9.17) is 21.8 Å². The highest BCUT2D eigenvalue weighted by molar-refractivity contribution is 6.26. The first-order chi connectivity index (χ1) is 27.4. The summed E-state index contributed by atoms with van der Waals surface area (Å²) in [6, 6.07) is 44.9. The molecule has 0 radical (unpaired) electrons. The molecule has 0 bridgehead atoms. The standard InChI is InChI=1S/C45H28N6/c1-3-15-29(16-4-1)43-46-44(50-36-23-11-7-19-31(36)32-20-8-12-24-37(32)50)48-45(47-43)51-38-25-13-9-21-33(38)34-27-28-40-41(42(34)51)35-22-10-14-26-39(35)49(40)30-17-5-2-6-18-30/h1-28H/i1D,3D,4D,15D,16D. The number of aromatic nitrogens is 6. The number of fused-ring (bicyclic) bond motifs is 10. The Hall–Kier alpha value is -7.05. The SMILES string of the molecule is [2H]c1c([2H])c([2H])c(-c2nc(-n3c4ccccc4c4ccccc43)nc(-n3c4ccccc4c4ccc5c(c6ccccc6n5-c5ccccc5)c43)n2)c([2H])c1[2H]. The Bertz CT molecular complexity index is 3360. The third-order valence-electron chi connectivity index (χ3n) is 9.80. The van der Waals surface area contributed by atoms with Gasteiger partial charge in [0, 0.05) is 43.6 Å². The van der Waals surface area contributed by atoms with Crippen molar-refractivity contribution in [2.75, 3.05) is 0 Å². The molecule has 0 aliphatic rings. The fourth-order valence-corrected chi connectivity index (χ4v) is 7.74. The molecule has 4 heterocycles. The summed E-state index contributed by atoms with van der Waals surface area (Å²) in [5, 5.41) is 6.03. The van der Waals surface area contributed by atoms with Crippen LogP contribution in [0.3, 0.4) is 0 Å². The maximum Gasteiger partial charge on any atom is 0.240 e. The van der Waals surface area contributed by atoms with Gasteiger partial charge in [0.2, 0.25) is 11.9 Å². The average molecular weight is 658 g/mol. The Balaban J connectivity index is 1.33. The second kappa shape index (κ2) is 10.7. The van der Waals surface area contributed by atoms with Crippen LogP contribution >= 0.6 is 0 Å². The van der Waals surface area contributed by atoms with Gasteiger partial charge in [-0.05, 0) is 42.5 Å². The molecule has 4 aromatic heterocycles. The molecule has 0 aliphatic carbocycles. The van der Waals surface area contributed by atoms with Gasteiger partial charge in [0.15, 0.2) is 5.82 Å². The van der Waals surface area contributed by atoms with Crippen molar-refractivity contribution < 1.29 is 6.85 Å². The van der Waals surface area contributed by atoms with E-state index < -0.39 is 30.2 Å². The lowest BCUT2D eigenvalue weighted by Crippen LogP contribution is -2.10. The summed E-state index contributed by atoms with van der Waals surface area (Å²) in [4.78, 5) is 15.3. The molecule has 11 aromatic rings. The van der Waals surface area contributed by atoms with Gasteiger partial charge in [-0.15, -0.1) is 0 Å². The predicted molar refractivity (Wildman–Crippen MR) is 208 cm³/mol. The second-order valence-electron chi connectivity index (χ2n) is 12.5. The highest BCUT2D eigenvalue weighted by Gasteiger charge is 2.24. The van der Waals surface area contributed by atoms with Crippen molar-refractivity contribution in [3.63, 3.8) is 0 Å². The van der Waals surface area contributed by atoms with Crippen molar-refractivity contribution in [1.82, 2.24) is 28.7 Å². The van der Waals surface area contributed by atoms with Gasteiger partial charge in [-0.2, -0.15) is 15.0 Å². The van der Waals surface area contributed by atoms with Crippen LogP contribution in [0.5, 0.6) is 0 Å². The van der Waals surface area contributed by atoms with Gasteiger partial charge in [-0.1, -0.05) is 127 Å². The van der Waals surface area contributed by atoms with Crippen LogP contribution in [0.4, 0.5) is 0 Å². The van der Waals surface area contributed by atoms with E-state index in [2.05, 4.69) is 59.2 Å². The highest BCUT2D eigenvalue weighted by atomic mass is 15.3. The van der Waals surface area contributed by atoms with E-state index in [0.29, 0.717) is 0 Å². The minimum Gasteiger partial charge on any atom is -0.309 e. The average Bonchev–Trinajstić information content (AvgIpc) is 3.88. The maximum absolute atomic E-state index is 8.98. The van der Waals surface area contributed by atoms with E-state index in [-0.39, 0.29) is 23.3 Å². The van der Waals surface area contributed by atoms with Crippen molar-refractivity contribution in [2.45, 2.75) is 0 Å². The molecule has 0 N–H and O–H groups in total. The summed E-state index contributed by atoms with van der Waals surface area (Å²) in [7, 11) is 0. The van der Waals surface area contributed by atoms with Gasteiger partial charge < -0.3 is 4.57 Å². The van der Waals surface area contributed by atoms with Gasteiger partial charge in [0.1, 0.15) is 0 Å². The zero-order valence-corrected chi connectivity index (χ0v) is 27.0. The largest absolute Gasteiger partial charge is 0.309 e. The summed E-state index contributed by atoms with van der Waals surface area (Å²) < 4.78 is 49.6. The van der Waals surface area contributed by atoms with Crippen LogP contribution in [0.25, 0.3) is 94.4 Å². The first kappa shape index (κ1) is 23.3. The number of hydrogen-bond donors (Lipinski definition) is 0. The molecule has 0 atom stereocenters. The first-order valence-corrected chi connectivity index (χ1v) is 16.7. The zero-order chi connectivity index (χ0) is 37.8. The molecule has 0 unspecified atom stereocenters. The van der Waals surface area contributed by atoms with Gasteiger partial charge in [0.25, 0.3) is 0 Å². The molecule has 0 saturated carbocycles. The number of hydrogen-bond acceptors (Lipinski definition) is 3. The van der Waals surface area contributed by atoms with E-state index in [1.165, 1.54) is 0 Å². The third-order valence-corrected chi connectivity index (χ3v) is 9.80. The Morgan fingerprint density at radius 1 is 0.392 bits per heavy atom. The van der Waals surface area contributed by atoms with Gasteiger partial charge in [-0.25, -0.2) is 0 Å². The lowest BCUT2D eigenvalue weighted by Gasteiger charge is -2.13. The zero-order valence-electron chi connectivity index (χ0n) is 32.0. The van der Waals surface area contributed by atoms with E-state index in [9.17, 15) is 0 Å². The smallest absolute Gasteiger partial charge is 0.240 e. The molecule has 0 saturated heterocycles. The number of nitrogens with zero attached hydrogens (tertiary/aromatic N) is 6. The van der Waals surface area contributed by atoms with Crippen LogP contribution in [0.2, 0.25) is 0 Å². The molecular formula is C45H28N6. The van der Waals surface area contributed by atoms with Crippen molar-refractivity contribution in [3.05, 3.63) is 170 Å². The van der Waals surface area contributed by atoms with E-state index in [1.807, 2.05) is 94.1 Å². The first-order valence-electron chi connectivity index (χ1n) is 19.2. The second-order valence-corrected chi connectivity index (χ2v) is 12.5. The van der Waals surface area contributed by atoms with Gasteiger partial charge in [-0.3, -0.25) is 9.13 Å². The minimum absolute atomic E-state index is 0.0336. The van der Waals surface area contributed by atoms with Crippen LogP contribution in [-0.2, 0) is 0 Å². The number of para-hydroxylation sites is 5. The summed E-state index contributed by atoms with van der Waals surface area (Å²) in [6.07, 6.45) is 0. The molecule has 0 aliphatic heterocycles. The summed E-state index contributed by atoms with van der Waals surface area (Å²) in [5.41, 5.74) is 6.39. The topological polar surface area (TPSA) is 53.5 Å². The molecule has 238 valence electrons. The Morgan fingerprint density at radius 2 is 0.902 bits per heavy atom. The quantitative estimate of drug-likeness (QED) is 0.189. The minimum atomic E-state index is -0.486. The van der Waals surface area contributed by atoms with Crippen molar-refractivity contribution >= 4 is 65.4 Å². The van der Waals surface area contributed by atoms with E-state index in [0.717, 1.165) is 71.1 Å². The molecule has 6 heteroatoms. The molecular weight excluding hydrogens is 625 g/mol. The third kappa shape index (κ3) is 4.01. The Morgan fingerprint density at radius 3 is 1.55 bits per heavy atom. The van der Waals surface area contributed by atoms with Crippen molar-refractivity contribution in [1.29, 1.82) is 0 Å². The van der Waals surface area contributed by atoms with Crippen LogP contribution in [0.15, 0.2) is 170 Å². The normalized spacial score (nSPS) is 13.3. The van der Waals surface area contributed by atoms with Crippen LogP contribution in [0, 0.1) is 0 Å². The Kier molecular flexibility index (Phi) is 4.91. The predicted octanol–water partition coefficient (Wildman–Crippen LogP) is 10.8. The van der Waals surface area contributed by atoms with Crippen LogP contribution in [-0.4, -0.2) is 28.7 Å². The van der Waals surface area contributed by atoms with Crippen molar-refractivity contribution in [2.24, 2.45) is 0 Å². The highest BCUT2D eigenvalue weighted by Crippen LogP contribution is 2.42. The Labute approximate surface area is 299 Å². The summed E-state index contributed by atoms with van der Waals surface area (Å²) >= 11 is 0. The number of rotatable bonds is 4. The van der Waals surface area contributed by atoms with Crippen LogP contribution in [0.1, 0.15) is 6.85 Å². The molecule has 0 amide bonds. The van der Waals surface area contributed by atoms with E-state index in [1.54, 1.807) is 0 Å². The molecule has 6 nitrogen and oxygen atoms in total. The van der Waals surface area contributed by atoms with Gasteiger partial charge in [0.05, 0.1) is 40.0 Å². The molecule has 0 fully saturated rings. The molecule has 11 rings (SSSR count). The molecule has 51 heavy (non-hydrogen) atoms. The summed E-state index contributed by atoms with van der Waals surface area (Å²) in [5.74, 6) is 0.460. The lowest BCUT2D eigenvalue weighted by atomic mass is 10.1. The van der Waals surface area contributed by atoms with Gasteiger partial charge >= 0.3 is 0 Å². The van der Waals surface area contributed by atoms with Crippen molar-refractivity contribution in [3.8, 4) is 29.0 Å². The molecule has 0 spiro atoms. The summed E-state index contributed by atoms with van der Waals surface area (Å²) in [6.45, 7) is 0. The lowest BCUT2D eigenvalue weighted by molar-refractivity contribution is 0.894. The van der Waals surface area contributed by atoms with Crippen LogP contribution < -0.4 is 0 Å². The number of benzene rings is 7.